The Morgan fingerprint density at radius 1 is 1.30 bits per heavy atom. The summed E-state index contributed by atoms with van der Waals surface area (Å²) in [7, 11) is 0. The standard InChI is InChI=1S/C19H21ClF2N4O/c1-13-9-24-17(25-10-13)11-23-12-19(22)4-6-26(7-5-19)18(27)14-2-3-16(21)15(20)8-14/h2-3,8-10,23H,4-7,11-12H2,1H3/i21-1. The first kappa shape index (κ1) is 19.6. The average Bonchev–Trinajstić information content (AvgIpc) is 2.66. The van der Waals surface area contributed by atoms with Crippen LogP contribution in [0.4, 0.5) is 8.78 Å². The van der Waals surface area contributed by atoms with Crippen LogP contribution in [-0.4, -0.2) is 46.1 Å². The Hall–Kier alpha value is -2.12. The first-order valence-corrected chi connectivity index (χ1v) is 9.16. The average molecular weight is 394 g/mol. The topological polar surface area (TPSA) is 58.1 Å². The van der Waals surface area contributed by atoms with Crippen molar-refractivity contribution in [1.29, 1.82) is 0 Å². The lowest BCUT2D eigenvalue weighted by atomic mass is 9.92. The van der Waals surface area contributed by atoms with Crippen LogP contribution in [0.15, 0.2) is 30.6 Å². The molecule has 1 aliphatic heterocycles. The van der Waals surface area contributed by atoms with Crippen LogP contribution in [0.1, 0.15) is 34.6 Å². The summed E-state index contributed by atoms with van der Waals surface area (Å²) in [5.41, 5.74) is -0.107. The highest BCUT2D eigenvalue weighted by molar-refractivity contribution is 6.31. The van der Waals surface area contributed by atoms with Crippen molar-refractivity contribution in [3.8, 4) is 0 Å². The van der Waals surface area contributed by atoms with Gasteiger partial charge in [0.05, 0.1) is 11.6 Å². The van der Waals surface area contributed by atoms with Gasteiger partial charge in [-0.1, -0.05) is 11.6 Å². The molecule has 27 heavy (non-hydrogen) atoms. The van der Waals surface area contributed by atoms with Crippen molar-refractivity contribution in [2.75, 3.05) is 19.6 Å². The molecule has 8 heteroatoms. The first-order valence-electron chi connectivity index (χ1n) is 8.78. The van der Waals surface area contributed by atoms with E-state index in [0.29, 0.717) is 31.0 Å². The van der Waals surface area contributed by atoms with Gasteiger partial charge >= 0.3 is 0 Å². The number of likely N-dealkylation sites (tertiary alicyclic amines) is 1. The number of hydrogen-bond donors (Lipinski definition) is 1. The molecule has 0 aliphatic carbocycles. The van der Waals surface area contributed by atoms with E-state index in [2.05, 4.69) is 15.3 Å². The van der Waals surface area contributed by atoms with Gasteiger partial charge < -0.3 is 10.2 Å². The highest BCUT2D eigenvalue weighted by Crippen LogP contribution is 2.27. The van der Waals surface area contributed by atoms with E-state index < -0.39 is 11.5 Å². The van der Waals surface area contributed by atoms with Gasteiger partial charge in [-0.2, -0.15) is 0 Å². The molecule has 1 fully saturated rings. The molecule has 1 aliphatic rings. The van der Waals surface area contributed by atoms with Gasteiger partial charge in [0, 0.05) is 50.4 Å². The summed E-state index contributed by atoms with van der Waals surface area (Å²) in [6, 6.07) is 3.86. The summed E-state index contributed by atoms with van der Waals surface area (Å²) in [6.45, 7) is 3.07. The number of aryl methyl sites for hydroxylation is 1. The fourth-order valence-corrected chi connectivity index (χ4v) is 3.19. The highest BCUT2D eigenvalue weighted by atomic mass is 35.5. The normalized spacial score (nSPS) is 16.4. The molecule has 0 spiro atoms. The third-order valence-corrected chi connectivity index (χ3v) is 4.96. The summed E-state index contributed by atoms with van der Waals surface area (Å²) in [5, 5.41) is 2.96. The number of alkyl halides is 1. The molecule has 1 saturated heterocycles. The second-order valence-corrected chi connectivity index (χ2v) is 7.26. The molecule has 5 nitrogen and oxygen atoms in total. The molecule has 1 aromatic carbocycles. The zero-order valence-electron chi connectivity index (χ0n) is 15.0. The van der Waals surface area contributed by atoms with E-state index in [1.807, 2.05) is 6.92 Å². The van der Waals surface area contributed by atoms with Crippen LogP contribution < -0.4 is 5.32 Å². The Morgan fingerprint density at radius 3 is 2.59 bits per heavy atom. The maximum atomic E-state index is 15.0. The minimum Gasteiger partial charge on any atom is -0.338 e. The van der Waals surface area contributed by atoms with Gasteiger partial charge in [0.1, 0.15) is 17.3 Å². The molecular weight excluding hydrogens is 373 g/mol. The zero-order chi connectivity index (χ0) is 19.4. The highest BCUT2D eigenvalue weighted by Gasteiger charge is 2.36. The van der Waals surface area contributed by atoms with E-state index in [1.54, 1.807) is 17.3 Å². The van der Waals surface area contributed by atoms with E-state index in [-0.39, 0.29) is 30.3 Å². The largest absolute Gasteiger partial charge is 0.338 e. The quantitative estimate of drug-likeness (QED) is 0.846. The molecular formula is C19H21ClF2N4O. The van der Waals surface area contributed by atoms with Crippen molar-refractivity contribution in [1.82, 2.24) is 20.2 Å². The number of carbonyl (C=O) groups excluding carboxylic acids is 1. The number of nitrogens with zero attached hydrogens (tertiary/aromatic N) is 3. The molecule has 0 radical (unpaired) electrons. The molecule has 1 N–H and O–H groups in total. The Bertz CT molecular complexity index is 808. The Balaban J connectivity index is 1.50. The number of halogens is 3. The smallest absolute Gasteiger partial charge is 0.253 e. The first-order chi connectivity index (χ1) is 12.9. The SMILES string of the molecule is Cc1cnc(CNCC2(F)CCN(C(=O)c3ccc([18F])c(Cl)c3)CC2)nc1. The number of rotatable bonds is 5. The van der Waals surface area contributed by atoms with E-state index in [9.17, 15) is 13.6 Å². The number of carbonyl (C=O) groups is 1. The number of hydrogen-bond acceptors (Lipinski definition) is 4. The molecule has 144 valence electrons. The minimum atomic E-state index is -1.39. The Labute approximate surface area is 161 Å². The maximum absolute atomic E-state index is 15.0. The van der Waals surface area contributed by atoms with Gasteiger partial charge in [-0.25, -0.2) is 18.7 Å². The van der Waals surface area contributed by atoms with Gasteiger partial charge in [-0.05, 0) is 30.7 Å². The van der Waals surface area contributed by atoms with Crippen molar-refractivity contribution in [3.05, 3.63) is 58.4 Å². The van der Waals surface area contributed by atoms with Gasteiger partial charge in [-0.15, -0.1) is 0 Å². The summed E-state index contributed by atoms with van der Waals surface area (Å²) < 4.78 is 28.2. The fraction of sp³-hybridized carbons (Fsp3) is 0.421. The number of amides is 1. The molecule has 0 atom stereocenters. The van der Waals surface area contributed by atoms with Crippen LogP contribution >= 0.6 is 11.6 Å². The van der Waals surface area contributed by atoms with Crippen molar-refractivity contribution >= 4 is 17.5 Å². The maximum Gasteiger partial charge on any atom is 0.253 e. The van der Waals surface area contributed by atoms with Crippen LogP contribution in [0.2, 0.25) is 5.02 Å². The van der Waals surface area contributed by atoms with E-state index >= 15 is 0 Å². The van der Waals surface area contributed by atoms with Gasteiger partial charge in [-0.3, -0.25) is 4.79 Å². The summed E-state index contributed by atoms with van der Waals surface area (Å²) in [4.78, 5) is 22.4. The third-order valence-electron chi connectivity index (χ3n) is 4.67. The van der Waals surface area contributed by atoms with Gasteiger partial charge in [0.2, 0.25) is 0 Å². The fourth-order valence-electron chi connectivity index (χ4n) is 3.01. The second-order valence-electron chi connectivity index (χ2n) is 6.85. The summed E-state index contributed by atoms with van der Waals surface area (Å²) >= 11 is 5.73. The van der Waals surface area contributed by atoms with Crippen molar-refractivity contribution in [2.45, 2.75) is 32.0 Å². The van der Waals surface area contributed by atoms with Crippen LogP contribution in [-0.2, 0) is 6.54 Å². The lowest BCUT2D eigenvalue weighted by molar-refractivity contribution is 0.0434. The van der Waals surface area contributed by atoms with Gasteiger partial charge in [0.15, 0.2) is 0 Å². The molecule has 2 heterocycles. The monoisotopic (exact) mass is 393 g/mol. The lowest BCUT2D eigenvalue weighted by Crippen LogP contribution is -2.48. The molecule has 0 bridgehead atoms. The van der Waals surface area contributed by atoms with E-state index in [4.69, 9.17) is 11.6 Å². The van der Waals surface area contributed by atoms with Gasteiger partial charge in [0.25, 0.3) is 5.91 Å². The lowest BCUT2D eigenvalue weighted by Gasteiger charge is -2.36. The van der Waals surface area contributed by atoms with Crippen LogP contribution in [0, 0.1) is 12.7 Å². The molecule has 1 aromatic heterocycles. The molecule has 0 saturated carbocycles. The predicted molar refractivity (Wildman–Crippen MR) is 98.9 cm³/mol. The number of aromatic nitrogens is 2. The zero-order valence-corrected chi connectivity index (χ0v) is 15.8. The summed E-state index contributed by atoms with van der Waals surface area (Å²) in [5.74, 6) is -0.219. The number of nitrogens with one attached hydrogen (secondary N) is 1. The molecule has 0 unspecified atom stereocenters. The predicted octanol–water partition coefficient (Wildman–Crippen LogP) is 3.31. The Morgan fingerprint density at radius 2 is 1.96 bits per heavy atom. The minimum absolute atomic E-state index is 0.0970. The van der Waals surface area contributed by atoms with Crippen molar-refractivity contribution in [3.63, 3.8) is 0 Å². The third kappa shape index (κ3) is 4.99. The van der Waals surface area contributed by atoms with E-state index in [0.717, 1.165) is 11.6 Å². The van der Waals surface area contributed by atoms with Crippen LogP contribution in [0.3, 0.4) is 0 Å². The Kier molecular flexibility index (Phi) is 6.01. The number of benzene rings is 1. The molecule has 1 amide bonds. The van der Waals surface area contributed by atoms with E-state index in [1.165, 1.54) is 12.1 Å². The van der Waals surface area contributed by atoms with Crippen LogP contribution in [0.25, 0.3) is 0 Å². The second kappa shape index (κ2) is 8.27. The molecule has 2 aromatic rings. The van der Waals surface area contributed by atoms with Crippen LogP contribution in [0.5, 0.6) is 0 Å². The molecule has 3 rings (SSSR count). The number of piperidine rings is 1. The van der Waals surface area contributed by atoms with Crippen molar-refractivity contribution in [2.24, 2.45) is 0 Å². The summed E-state index contributed by atoms with van der Waals surface area (Å²) in [6.07, 6.45) is 3.91. The van der Waals surface area contributed by atoms with Crippen molar-refractivity contribution < 1.29 is 13.6 Å².